The maximum Gasteiger partial charge on any atom is 0.249 e. The summed E-state index contributed by atoms with van der Waals surface area (Å²) in [6.07, 6.45) is 7.90. The van der Waals surface area contributed by atoms with E-state index in [0.717, 1.165) is 19.4 Å². The molecule has 0 aromatic carbocycles. The van der Waals surface area contributed by atoms with Gasteiger partial charge in [-0.25, -0.2) is 0 Å². The molecular weight excluding hydrogens is 252 g/mol. The largest absolute Gasteiger partial charge is 0.368 e. The van der Waals surface area contributed by atoms with E-state index in [0.29, 0.717) is 12.5 Å². The van der Waals surface area contributed by atoms with Gasteiger partial charge in [0.25, 0.3) is 0 Å². The molecule has 1 aliphatic heterocycles. The third-order valence-electron chi connectivity index (χ3n) is 4.02. The predicted molar refractivity (Wildman–Crippen MR) is 73.8 cm³/mol. The van der Waals surface area contributed by atoms with Crippen LogP contribution in [0.25, 0.3) is 0 Å². The summed E-state index contributed by atoms with van der Waals surface area (Å²) in [6, 6.07) is 0.145. The lowest BCUT2D eigenvalue weighted by Crippen LogP contribution is -2.49. The Bertz CT molecular complexity index is 251. The first-order valence-electron chi connectivity index (χ1n) is 6.93. The number of nitrogens with one attached hydrogen (secondary N) is 1. The summed E-state index contributed by atoms with van der Waals surface area (Å²) >= 11 is 0. The van der Waals surface area contributed by atoms with E-state index in [1.807, 2.05) is 0 Å². The first-order valence-corrected chi connectivity index (χ1v) is 6.93. The zero-order chi connectivity index (χ0) is 12.1. The highest BCUT2D eigenvalue weighted by atomic mass is 35.5. The topological polar surface area (TPSA) is 64.3 Å². The summed E-state index contributed by atoms with van der Waals surface area (Å²) < 4.78 is 5.39. The average molecular weight is 277 g/mol. The third-order valence-corrected chi connectivity index (χ3v) is 4.02. The summed E-state index contributed by atoms with van der Waals surface area (Å²) in [4.78, 5) is 12.0. The molecule has 1 saturated heterocycles. The van der Waals surface area contributed by atoms with Crippen molar-refractivity contribution in [3.63, 3.8) is 0 Å². The number of carbonyl (C=O) groups is 1. The summed E-state index contributed by atoms with van der Waals surface area (Å²) in [5.41, 5.74) is 5.80. The average Bonchev–Trinajstić information content (AvgIpc) is 2.90. The van der Waals surface area contributed by atoms with Crippen molar-refractivity contribution in [2.45, 2.75) is 57.1 Å². The first-order chi connectivity index (χ1) is 8.31. The Kier molecular flexibility index (Phi) is 6.97. The molecule has 0 radical (unpaired) electrons. The highest BCUT2D eigenvalue weighted by molar-refractivity contribution is 5.85. The van der Waals surface area contributed by atoms with Crippen LogP contribution in [0.1, 0.15) is 44.9 Å². The van der Waals surface area contributed by atoms with Crippen LogP contribution >= 0.6 is 12.4 Å². The summed E-state index contributed by atoms with van der Waals surface area (Å²) in [5, 5.41) is 3.09. The fourth-order valence-corrected chi connectivity index (χ4v) is 2.97. The lowest BCUT2D eigenvalue weighted by molar-refractivity contribution is -0.131. The molecule has 2 aliphatic rings. The highest BCUT2D eigenvalue weighted by Gasteiger charge is 2.29. The van der Waals surface area contributed by atoms with Gasteiger partial charge in [0.1, 0.15) is 6.10 Å². The van der Waals surface area contributed by atoms with Crippen molar-refractivity contribution in [1.82, 2.24) is 5.32 Å². The second-order valence-corrected chi connectivity index (χ2v) is 5.25. The van der Waals surface area contributed by atoms with E-state index in [1.165, 1.54) is 32.1 Å². The van der Waals surface area contributed by atoms with Crippen LogP contribution in [0, 0.1) is 5.92 Å². The van der Waals surface area contributed by atoms with Gasteiger partial charge in [-0.1, -0.05) is 19.3 Å². The molecule has 0 spiro atoms. The fraction of sp³-hybridized carbons (Fsp3) is 0.923. The first kappa shape index (κ1) is 15.7. The standard InChI is InChI=1S/C13H24N2O2.ClH/c14-9-11(10-5-2-1-3-6-10)15-13(16)12-7-4-8-17-12;/h10-12H,1-9,14H2,(H,15,16);1H. The minimum absolute atomic E-state index is 0. The molecule has 3 N–H and O–H groups in total. The van der Waals surface area contributed by atoms with Crippen LogP contribution in [0.4, 0.5) is 0 Å². The summed E-state index contributed by atoms with van der Waals surface area (Å²) in [5.74, 6) is 0.614. The van der Waals surface area contributed by atoms with Gasteiger partial charge in [-0.3, -0.25) is 4.79 Å². The zero-order valence-corrected chi connectivity index (χ0v) is 11.7. The minimum Gasteiger partial charge on any atom is -0.368 e. The molecule has 2 atom stereocenters. The number of rotatable bonds is 4. The Balaban J connectivity index is 0.00000162. The van der Waals surface area contributed by atoms with E-state index in [1.54, 1.807) is 0 Å². The number of hydrogen-bond acceptors (Lipinski definition) is 3. The monoisotopic (exact) mass is 276 g/mol. The second-order valence-electron chi connectivity index (χ2n) is 5.25. The van der Waals surface area contributed by atoms with Crippen molar-refractivity contribution < 1.29 is 9.53 Å². The normalized spacial score (nSPS) is 26.4. The van der Waals surface area contributed by atoms with Crippen LogP contribution < -0.4 is 11.1 Å². The van der Waals surface area contributed by atoms with Crippen LogP contribution in [0.15, 0.2) is 0 Å². The molecule has 4 nitrogen and oxygen atoms in total. The van der Waals surface area contributed by atoms with Crippen molar-refractivity contribution in [3.05, 3.63) is 0 Å². The smallest absolute Gasteiger partial charge is 0.249 e. The molecule has 0 bridgehead atoms. The Labute approximate surface area is 115 Å². The number of amides is 1. The van der Waals surface area contributed by atoms with Crippen LogP contribution in [0.5, 0.6) is 0 Å². The fourth-order valence-electron chi connectivity index (χ4n) is 2.97. The number of carbonyl (C=O) groups excluding carboxylic acids is 1. The maximum absolute atomic E-state index is 12.0. The minimum atomic E-state index is -0.229. The van der Waals surface area contributed by atoms with Gasteiger partial charge in [0.05, 0.1) is 0 Å². The molecule has 1 saturated carbocycles. The molecule has 0 aromatic rings. The van der Waals surface area contributed by atoms with E-state index in [9.17, 15) is 4.79 Å². The van der Waals surface area contributed by atoms with Crippen molar-refractivity contribution in [1.29, 1.82) is 0 Å². The van der Waals surface area contributed by atoms with E-state index < -0.39 is 0 Å². The predicted octanol–water partition coefficient (Wildman–Crippen LogP) is 1.61. The quantitative estimate of drug-likeness (QED) is 0.820. The van der Waals surface area contributed by atoms with Crippen molar-refractivity contribution in [2.75, 3.05) is 13.2 Å². The van der Waals surface area contributed by atoms with Gasteiger partial charge in [0.15, 0.2) is 0 Å². The van der Waals surface area contributed by atoms with Crippen molar-refractivity contribution in [3.8, 4) is 0 Å². The Hall–Kier alpha value is -0.320. The summed E-state index contributed by atoms with van der Waals surface area (Å²) in [6.45, 7) is 1.26. The molecule has 106 valence electrons. The van der Waals surface area contributed by atoms with E-state index >= 15 is 0 Å². The molecule has 2 fully saturated rings. The number of hydrogen-bond donors (Lipinski definition) is 2. The molecular formula is C13H25ClN2O2. The van der Waals surface area contributed by atoms with Crippen LogP contribution in [-0.2, 0) is 9.53 Å². The molecule has 1 aliphatic carbocycles. The number of halogens is 1. The molecule has 1 heterocycles. The second kappa shape index (κ2) is 7.97. The van der Waals surface area contributed by atoms with Gasteiger partial charge in [-0.05, 0) is 31.6 Å². The van der Waals surface area contributed by atoms with Crippen molar-refractivity contribution >= 4 is 18.3 Å². The SMILES string of the molecule is Cl.NCC(NC(=O)C1CCCO1)C1CCCCC1. The van der Waals surface area contributed by atoms with E-state index in [2.05, 4.69) is 5.32 Å². The molecule has 2 unspecified atom stereocenters. The molecule has 0 aromatic heterocycles. The van der Waals surface area contributed by atoms with Crippen molar-refractivity contribution in [2.24, 2.45) is 11.7 Å². The van der Waals surface area contributed by atoms with Gasteiger partial charge in [-0.2, -0.15) is 0 Å². The number of nitrogens with two attached hydrogens (primary N) is 1. The third kappa shape index (κ3) is 4.11. The molecule has 2 rings (SSSR count). The Morgan fingerprint density at radius 2 is 1.94 bits per heavy atom. The molecule has 18 heavy (non-hydrogen) atoms. The van der Waals surface area contributed by atoms with Crippen LogP contribution in [0.3, 0.4) is 0 Å². The van der Waals surface area contributed by atoms with Gasteiger partial charge < -0.3 is 15.8 Å². The van der Waals surface area contributed by atoms with Gasteiger partial charge in [0, 0.05) is 19.2 Å². The van der Waals surface area contributed by atoms with E-state index in [-0.39, 0.29) is 30.5 Å². The lowest BCUT2D eigenvalue weighted by atomic mass is 9.84. The molecule has 5 heteroatoms. The van der Waals surface area contributed by atoms with Crippen LogP contribution in [-0.4, -0.2) is 31.2 Å². The van der Waals surface area contributed by atoms with E-state index in [4.69, 9.17) is 10.5 Å². The zero-order valence-electron chi connectivity index (χ0n) is 10.9. The number of ether oxygens (including phenoxy) is 1. The highest BCUT2D eigenvalue weighted by Crippen LogP contribution is 2.26. The lowest BCUT2D eigenvalue weighted by Gasteiger charge is -2.30. The Morgan fingerprint density at radius 1 is 1.22 bits per heavy atom. The Morgan fingerprint density at radius 3 is 2.50 bits per heavy atom. The van der Waals surface area contributed by atoms with Gasteiger partial charge in [0.2, 0.25) is 5.91 Å². The molecule has 1 amide bonds. The van der Waals surface area contributed by atoms with Crippen LogP contribution in [0.2, 0.25) is 0 Å². The van der Waals surface area contributed by atoms with Gasteiger partial charge in [-0.15, -0.1) is 12.4 Å². The maximum atomic E-state index is 12.0. The summed E-state index contributed by atoms with van der Waals surface area (Å²) in [7, 11) is 0. The van der Waals surface area contributed by atoms with Gasteiger partial charge >= 0.3 is 0 Å².